The first kappa shape index (κ1) is 8.70. The molecule has 1 aliphatic heterocycles. The van der Waals surface area contributed by atoms with Crippen LogP contribution in [0.1, 0.15) is 18.4 Å². The minimum atomic E-state index is -0.128. The zero-order chi connectivity index (χ0) is 9.26. The highest BCUT2D eigenvalue weighted by molar-refractivity contribution is 5.22. The van der Waals surface area contributed by atoms with Crippen LogP contribution in [0.2, 0.25) is 0 Å². The van der Waals surface area contributed by atoms with Gasteiger partial charge < -0.3 is 5.32 Å². The quantitative estimate of drug-likeness (QED) is 0.696. The van der Waals surface area contributed by atoms with Crippen LogP contribution in [-0.2, 0) is 0 Å². The van der Waals surface area contributed by atoms with Crippen LogP contribution in [0.25, 0.3) is 0 Å². The number of hydrogen-bond acceptors (Lipinski definition) is 1. The summed E-state index contributed by atoms with van der Waals surface area (Å²) < 4.78 is 12.9. The first-order valence-corrected chi connectivity index (χ1v) is 4.73. The molecule has 2 unspecified atom stereocenters. The van der Waals surface area contributed by atoms with Gasteiger partial charge in [-0.15, -0.1) is 0 Å². The topological polar surface area (TPSA) is 12.0 Å². The van der Waals surface area contributed by atoms with Gasteiger partial charge in [-0.05, 0) is 30.2 Å². The lowest BCUT2D eigenvalue weighted by molar-refractivity contribution is 0.564. The lowest BCUT2D eigenvalue weighted by atomic mass is 9.90. The molecule has 1 N–H and O–H groups in total. The van der Waals surface area contributed by atoms with Crippen LogP contribution >= 0.6 is 0 Å². The Morgan fingerprint density at radius 1 is 1.38 bits per heavy atom. The maximum atomic E-state index is 12.9. The van der Waals surface area contributed by atoms with Crippen LogP contribution in [0.15, 0.2) is 24.3 Å². The summed E-state index contributed by atoms with van der Waals surface area (Å²) in [7, 11) is 0. The third-order valence-corrected chi connectivity index (χ3v) is 2.79. The van der Waals surface area contributed by atoms with E-state index < -0.39 is 0 Å². The molecule has 0 aromatic heterocycles. The van der Waals surface area contributed by atoms with E-state index in [4.69, 9.17) is 0 Å². The van der Waals surface area contributed by atoms with Gasteiger partial charge in [0.1, 0.15) is 5.82 Å². The van der Waals surface area contributed by atoms with Crippen molar-refractivity contribution in [3.05, 3.63) is 35.6 Å². The Balaban J connectivity index is 2.24. The Kier molecular flexibility index (Phi) is 2.32. The second kappa shape index (κ2) is 3.46. The average Bonchev–Trinajstić information content (AvgIpc) is 2.51. The lowest BCUT2D eigenvalue weighted by Crippen LogP contribution is -2.08. The number of benzene rings is 1. The fourth-order valence-electron chi connectivity index (χ4n) is 1.99. The molecule has 2 atom stereocenters. The van der Waals surface area contributed by atoms with E-state index in [1.165, 1.54) is 6.07 Å². The zero-order valence-corrected chi connectivity index (χ0v) is 7.76. The number of hydrogen-bond donors (Lipinski definition) is 1. The monoisotopic (exact) mass is 179 g/mol. The van der Waals surface area contributed by atoms with E-state index in [1.54, 1.807) is 12.1 Å². The molecule has 0 amide bonds. The first-order chi connectivity index (χ1) is 6.27. The molecule has 1 aromatic carbocycles. The van der Waals surface area contributed by atoms with Crippen LogP contribution in [-0.4, -0.2) is 13.1 Å². The van der Waals surface area contributed by atoms with Gasteiger partial charge in [-0.1, -0.05) is 19.1 Å². The molecule has 70 valence electrons. The summed E-state index contributed by atoms with van der Waals surface area (Å²) in [5.41, 5.74) is 1.12. The molecule has 1 aliphatic rings. The fourth-order valence-corrected chi connectivity index (χ4v) is 1.99. The molecule has 0 saturated carbocycles. The Morgan fingerprint density at radius 3 is 2.85 bits per heavy atom. The first-order valence-electron chi connectivity index (χ1n) is 4.73. The molecule has 13 heavy (non-hydrogen) atoms. The molecule has 0 spiro atoms. The van der Waals surface area contributed by atoms with Gasteiger partial charge in [0, 0.05) is 12.5 Å². The maximum Gasteiger partial charge on any atom is 0.123 e. The molecule has 1 aromatic rings. The van der Waals surface area contributed by atoms with E-state index in [0.717, 1.165) is 18.7 Å². The van der Waals surface area contributed by atoms with Gasteiger partial charge in [0.15, 0.2) is 0 Å². The molecule has 1 saturated heterocycles. The Labute approximate surface area is 78.0 Å². The fraction of sp³-hybridized carbons (Fsp3) is 0.455. The molecular formula is C11H14FN. The summed E-state index contributed by atoms with van der Waals surface area (Å²) in [5, 5.41) is 3.32. The van der Waals surface area contributed by atoms with Crippen molar-refractivity contribution < 1.29 is 4.39 Å². The van der Waals surface area contributed by atoms with E-state index in [-0.39, 0.29) is 5.82 Å². The minimum absolute atomic E-state index is 0.128. The summed E-state index contributed by atoms with van der Waals surface area (Å²) in [6, 6.07) is 6.94. The summed E-state index contributed by atoms with van der Waals surface area (Å²) in [6.07, 6.45) is 0. The van der Waals surface area contributed by atoms with E-state index in [1.807, 2.05) is 6.07 Å². The van der Waals surface area contributed by atoms with E-state index >= 15 is 0 Å². The van der Waals surface area contributed by atoms with Gasteiger partial charge in [0.05, 0.1) is 0 Å². The van der Waals surface area contributed by atoms with Gasteiger partial charge in [-0.3, -0.25) is 0 Å². The van der Waals surface area contributed by atoms with Crippen LogP contribution < -0.4 is 5.32 Å². The predicted octanol–water partition coefficient (Wildman–Crippen LogP) is 2.15. The van der Waals surface area contributed by atoms with Crippen LogP contribution in [0.4, 0.5) is 4.39 Å². The Hall–Kier alpha value is -0.890. The van der Waals surface area contributed by atoms with Crippen molar-refractivity contribution >= 4 is 0 Å². The second-order valence-corrected chi connectivity index (χ2v) is 3.80. The molecule has 1 nitrogen and oxygen atoms in total. The number of nitrogens with one attached hydrogen (secondary N) is 1. The highest BCUT2D eigenvalue weighted by atomic mass is 19.1. The maximum absolute atomic E-state index is 12.9. The average molecular weight is 179 g/mol. The van der Waals surface area contributed by atoms with Crippen molar-refractivity contribution in [2.75, 3.05) is 13.1 Å². The SMILES string of the molecule is CC1CNCC1c1cccc(F)c1. The largest absolute Gasteiger partial charge is 0.316 e. The third kappa shape index (κ3) is 1.73. The molecule has 2 heteroatoms. The Bertz CT molecular complexity index is 298. The van der Waals surface area contributed by atoms with Crippen LogP contribution in [0.3, 0.4) is 0 Å². The van der Waals surface area contributed by atoms with Gasteiger partial charge in [-0.2, -0.15) is 0 Å². The van der Waals surface area contributed by atoms with Crippen LogP contribution in [0.5, 0.6) is 0 Å². The van der Waals surface area contributed by atoms with E-state index in [0.29, 0.717) is 11.8 Å². The molecular weight excluding hydrogens is 165 g/mol. The predicted molar refractivity (Wildman–Crippen MR) is 51.2 cm³/mol. The molecule has 0 aliphatic carbocycles. The highest BCUT2D eigenvalue weighted by Crippen LogP contribution is 2.27. The number of halogens is 1. The van der Waals surface area contributed by atoms with Gasteiger partial charge in [0.2, 0.25) is 0 Å². The second-order valence-electron chi connectivity index (χ2n) is 3.80. The van der Waals surface area contributed by atoms with Gasteiger partial charge in [-0.25, -0.2) is 4.39 Å². The van der Waals surface area contributed by atoms with E-state index in [9.17, 15) is 4.39 Å². The summed E-state index contributed by atoms with van der Waals surface area (Å²) >= 11 is 0. The minimum Gasteiger partial charge on any atom is -0.316 e. The molecule has 2 rings (SSSR count). The highest BCUT2D eigenvalue weighted by Gasteiger charge is 2.24. The molecule has 0 bridgehead atoms. The Morgan fingerprint density at radius 2 is 2.23 bits per heavy atom. The molecule has 1 fully saturated rings. The van der Waals surface area contributed by atoms with Crippen molar-refractivity contribution in [3.63, 3.8) is 0 Å². The standard InChI is InChI=1S/C11H14FN/c1-8-6-13-7-11(8)9-3-2-4-10(12)5-9/h2-5,8,11,13H,6-7H2,1H3. The van der Waals surface area contributed by atoms with Crippen molar-refractivity contribution in [1.29, 1.82) is 0 Å². The lowest BCUT2D eigenvalue weighted by Gasteiger charge is -2.14. The van der Waals surface area contributed by atoms with Crippen molar-refractivity contribution in [1.82, 2.24) is 5.32 Å². The summed E-state index contributed by atoms with van der Waals surface area (Å²) in [4.78, 5) is 0. The normalized spacial score (nSPS) is 27.8. The molecule has 1 heterocycles. The summed E-state index contributed by atoms with van der Waals surface area (Å²) in [6.45, 7) is 4.22. The van der Waals surface area contributed by atoms with Crippen molar-refractivity contribution in [2.24, 2.45) is 5.92 Å². The number of rotatable bonds is 1. The van der Waals surface area contributed by atoms with Crippen LogP contribution in [0, 0.1) is 11.7 Å². The molecule has 0 radical (unpaired) electrons. The van der Waals surface area contributed by atoms with Crippen molar-refractivity contribution in [2.45, 2.75) is 12.8 Å². The summed E-state index contributed by atoms with van der Waals surface area (Å²) in [5.74, 6) is 0.967. The smallest absolute Gasteiger partial charge is 0.123 e. The van der Waals surface area contributed by atoms with E-state index in [2.05, 4.69) is 12.2 Å². The van der Waals surface area contributed by atoms with Gasteiger partial charge in [0.25, 0.3) is 0 Å². The third-order valence-electron chi connectivity index (χ3n) is 2.79. The van der Waals surface area contributed by atoms with Crippen molar-refractivity contribution in [3.8, 4) is 0 Å². The van der Waals surface area contributed by atoms with Gasteiger partial charge >= 0.3 is 0 Å². The zero-order valence-electron chi connectivity index (χ0n) is 7.76.